The van der Waals surface area contributed by atoms with Crippen molar-refractivity contribution in [3.05, 3.63) is 0 Å². The lowest BCUT2D eigenvalue weighted by molar-refractivity contribution is -0.138. The molecule has 0 aliphatic carbocycles. The topological polar surface area (TPSA) is 49.4 Å². The summed E-state index contributed by atoms with van der Waals surface area (Å²) in [7, 11) is 8.06. The van der Waals surface area contributed by atoms with Crippen LogP contribution in [0.4, 0.5) is 0 Å². The molecule has 0 aromatic carbocycles. The summed E-state index contributed by atoms with van der Waals surface area (Å²) >= 11 is 0. The van der Waals surface area contributed by atoms with Gasteiger partial charge in [0, 0.05) is 54.4 Å². The van der Waals surface area contributed by atoms with Gasteiger partial charge in [0.05, 0.1) is 6.10 Å². The summed E-state index contributed by atoms with van der Waals surface area (Å²) in [5.74, 6) is 0. The third kappa shape index (κ3) is 9.78. The quantitative estimate of drug-likeness (QED) is 0.257. The highest BCUT2D eigenvalue weighted by Crippen LogP contribution is 2.38. The number of hydrogen-bond acceptors (Lipinski definition) is 6. The molecule has 0 spiro atoms. The van der Waals surface area contributed by atoms with E-state index in [1.165, 1.54) is 0 Å². The zero-order valence-electron chi connectivity index (χ0n) is 18.9. The maximum Gasteiger partial charge on any atom is 0.182 e. The van der Waals surface area contributed by atoms with Crippen LogP contribution in [0.2, 0.25) is 0 Å². The fourth-order valence-electron chi connectivity index (χ4n) is 3.02. The van der Waals surface area contributed by atoms with Crippen molar-refractivity contribution in [1.82, 2.24) is 4.90 Å². The fraction of sp³-hybridized carbons (Fsp3) is 1.00. The average Bonchev–Trinajstić information content (AvgIpc) is 2.67. The number of methoxy groups -OCH3 is 4. The molecular formula is C19H43NO5P2. The molecule has 0 radical (unpaired) electrons. The van der Waals surface area contributed by atoms with Crippen LogP contribution in [0.25, 0.3) is 0 Å². The van der Waals surface area contributed by atoms with Crippen molar-refractivity contribution >= 4 is 17.2 Å². The summed E-state index contributed by atoms with van der Waals surface area (Å²) in [6.07, 6.45) is 3.99. The van der Waals surface area contributed by atoms with Crippen molar-refractivity contribution in [3.8, 4) is 0 Å². The zero-order valence-corrected chi connectivity index (χ0v) is 20.9. The molecule has 3 atom stereocenters. The molecule has 0 saturated carbocycles. The third-order valence-electron chi connectivity index (χ3n) is 4.82. The van der Waals surface area contributed by atoms with Gasteiger partial charge in [0.15, 0.2) is 11.1 Å². The molecule has 0 amide bonds. The fourth-order valence-corrected chi connectivity index (χ4v) is 5.66. The van der Waals surface area contributed by atoms with Crippen LogP contribution in [0.5, 0.6) is 0 Å². The first-order chi connectivity index (χ1) is 12.8. The highest BCUT2D eigenvalue weighted by Gasteiger charge is 2.29. The summed E-state index contributed by atoms with van der Waals surface area (Å²) in [4.78, 5) is 2.40. The molecule has 8 heteroatoms. The van der Waals surface area contributed by atoms with Crippen molar-refractivity contribution in [2.75, 3.05) is 53.9 Å². The molecule has 27 heavy (non-hydrogen) atoms. The predicted octanol–water partition coefficient (Wildman–Crippen LogP) is 4.13. The Morgan fingerprint density at radius 2 is 1.11 bits per heavy atom. The molecular weight excluding hydrogens is 384 g/mol. The van der Waals surface area contributed by atoms with E-state index in [0.29, 0.717) is 17.2 Å². The highest BCUT2D eigenvalue weighted by atomic mass is 31.1. The molecule has 6 nitrogen and oxygen atoms in total. The lowest BCUT2D eigenvalue weighted by Gasteiger charge is -2.35. The van der Waals surface area contributed by atoms with Crippen LogP contribution < -0.4 is 0 Å². The normalized spacial score (nSPS) is 15.2. The van der Waals surface area contributed by atoms with Gasteiger partial charge in [-0.1, -0.05) is 31.0 Å². The number of hydrogen-bond donors (Lipinski definition) is 0. The lowest BCUT2D eigenvalue weighted by Crippen LogP contribution is -2.41. The Morgan fingerprint density at radius 3 is 1.37 bits per heavy atom. The number of rotatable bonds is 17. The maximum absolute atomic E-state index is 6.04. The highest BCUT2D eigenvalue weighted by molar-refractivity contribution is 7.39. The Labute approximate surface area is 170 Å². The molecule has 0 N–H and O–H groups in total. The van der Waals surface area contributed by atoms with Gasteiger partial charge in [-0.2, -0.15) is 0 Å². The van der Waals surface area contributed by atoms with Gasteiger partial charge in [0.25, 0.3) is 0 Å². The predicted molar refractivity (Wildman–Crippen MR) is 118 cm³/mol. The van der Waals surface area contributed by atoms with Crippen molar-refractivity contribution < 1.29 is 23.7 Å². The third-order valence-corrected chi connectivity index (χ3v) is 8.37. The van der Waals surface area contributed by atoms with Crippen LogP contribution in [0.3, 0.4) is 0 Å². The summed E-state index contributed by atoms with van der Waals surface area (Å²) < 4.78 is 28.5. The Morgan fingerprint density at radius 1 is 0.741 bits per heavy atom. The molecule has 0 aliphatic rings. The largest absolute Gasteiger partial charge is 0.361 e. The van der Waals surface area contributed by atoms with Gasteiger partial charge in [-0.05, 0) is 33.1 Å². The first kappa shape index (κ1) is 27.6. The van der Waals surface area contributed by atoms with Gasteiger partial charge in [0.2, 0.25) is 0 Å². The molecule has 0 saturated heterocycles. The van der Waals surface area contributed by atoms with E-state index in [2.05, 4.69) is 39.5 Å². The van der Waals surface area contributed by atoms with E-state index in [1.54, 1.807) is 28.4 Å². The Bertz CT molecular complexity index is 323. The minimum Gasteiger partial charge on any atom is -0.361 e. The Kier molecular flexibility index (Phi) is 14.9. The van der Waals surface area contributed by atoms with Crippen molar-refractivity contribution in [2.45, 2.75) is 70.8 Å². The molecule has 0 fully saturated rings. The second-order valence-electron chi connectivity index (χ2n) is 6.70. The second kappa shape index (κ2) is 14.6. The van der Waals surface area contributed by atoms with Gasteiger partial charge in [-0.3, -0.25) is 4.90 Å². The van der Waals surface area contributed by atoms with Gasteiger partial charge in [-0.15, -0.1) is 0 Å². The van der Waals surface area contributed by atoms with E-state index in [-0.39, 0.29) is 12.3 Å². The van der Waals surface area contributed by atoms with E-state index in [9.17, 15) is 0 Å². The molecule has 0 rings (SSSR count). The van der Waals surface area contributed by atoms with Gasteiger partial charge in [0.1, 0.15) is 6.23 Å². The monoisotopic (exact) mass is 427 g/mol. The molecule has 0 aromatic rings. The minimum atomic E-state index is -0.459. The molecule has 0 bridgehead atoms. The van der Waals surface area contributed by atoms with E-state index >= 15 is 0 Å². The molecule has 0 heterocycles. The standard InChI is InChI=1S/C19H43NO5P2/c1-10-18(21-6,22-7)26-14-12-20(17(5)25-16(3)4)13-15-27-19(11-2,23-8)24-9/h16-17,26-27H,10-15H2,1-9H3. The molecule has 0 aliphatic heterocycles. The summed E-state index contributed by atoms with van der Waals surface area (Å²) in [6, 6.07) is 0. The van der Waals surface area contributed by atoms with E-state index in [4.69, 9.17) is 23.7 Å². The summed E-state index contributed by atoms with van der Waals surface area (Å²) in [6.45, 7) is 12.4. The SMILES string of the molecule is CCC(OC)(OC)PCCN(CCPC(CC)(OC)OC)C(C)OC(C)C. The molecule has 164 valence electrons. The summed E-state index contributed by atoms with van der Waals surface area (Å²) in [5, 5.41) is 0. The van der Waals surface area contributed by atoms with E-state index < -0.39 is 11.1 Å². The van der Waals surface area contributed by atoms with Crippen molar-refractivity contribution in [3.63, 3.8) is 0 Å². The van der Waals surface area contributed by atoms with Crippen LogP contribution in [-0.4, -0.2) is 82.1 Å². The molecule has 3 unspecified atom stereocenters. The van der Waals surface area contributed by atoms with Crippen LogP contribution in [0, 0.1) is 0 Å². The first-order valence-corrected chi connectivity index (χ1v) is 12.3. The van der Waals surface area contributed by atoms with Crippen molar-refractivity contribution in [1.29, 1.82) is 0 Å². The van der Waals surface area contributed by atoms with E-state index in [1.807, 2.05) is 0 Å². The number of nitrogens with zero attached hydrogens (tertiary/aromatic N) is 1. The van der Waals surface area contributed by atoms with Crippen LogP contribution in [0.15, 0.2) is 0 Å². The lowest BCUT2D eigenvalue weighted by atomic mass is 10.4. The van der Waals surface area contributed by atoms with Gasteiger partial charge < -0.3 is 23.7 Å². The van der Waals surface area contributed by atoms with Crippen molar-refractivity contribution in [2.24, 2.45) is 0 Å². The second-order valence-corrected chi connectivity index (χ2v) is 9.93. The van der Waals surface area contributed by atoms with Crippen LogP contribution in [0.1, 0.15) is 47.5 Å². The smallest absolute Gasteiger partial charge is 0.182 e. The molecule has 0 aromatic heterocycles. The van der Waals surface area contributed by atoms with E-state index in [0.717, 1.165) is 38.3 Å². The zero-order chi connectivity index (χ0) is 20.9. The number of ether oxygens (including phenoxy) is 5. The van der Waals surface area contributed by atoms with Gasteiger partial charge >= 0.3 is 0 Å². The Balaban J connectivity index is 4.79. The van der Waals surface area contributed by atoms with Gasteiger partial charge in [-0.25, -0.2) is 0 Å². The van der Waals surface area contributed by atoms with Crippen LogP contribution >= 0.6 is 17.2 Å². The first-order valence-electron chi connectivity index (χ1n) is 9.87. The average molecular weight is 428 g/mol. The van der Waals surface area contributed by atoms with Crippen LogP contribution in [-0.2, 0) is 23.7 Å². The minimum absolute atomic E-state index is 0.0711. The summed E-state index contributed by atoms with van der Waals surface area (Å²) in [5.41, 5.74) is -0.919. The Hall–Kier alpha value is 0.620. The maximum atomic E-state index is 6.04.